The second kappa shape index (κ2) is 3.53. The smallest absolute Gasteiger partial charge is 0.234 e. The summed E-state index contributed by atoms with van der Waals surface area (Å²) in [5.41, 5.74) is 1.95. The van der Waals surface area contributed by atoms with Gasteiger partial charge in [0.05, 0.1) is 18.6 Å². The number of ether oxygens (including phenoxy) is 1. The summed E-state index contributed by atoms with van der Waals surface area (Å²) in [6.45, 7) is 2.00. The highest BCUT2D eigenvalue weighted by Crippen LogP contribution is 2.36. The highest BCUT2D eigenvalue weighted by atomic mass is 32.2. The van der Waals surface area contributed by atoms with Gasteiger partial charge >= 0.3 is 0 Å². The van der Waals surface area contributed by atoms with E-state index in [0.29, 0.717) is 5.75 Å². The van der Waals surface area contributed by atoms with Gasteiger partial charge in [0.1, 0.15) is 5.75 Å². The highest BCUT2D eigenvalue weighted by molar-refractivity contribution is 8.00. The van der Waals surface area contributed by atoms with E-state index in [1.807, 2.05) is 19.1 Å². The number of amides is 1. The number of anilines is 1. The Hall–Kier alpha value is -1.16. The third-order valence-corrected chi connectivity index (χ3v) is 3.19. The Labute approximate surface area is 86.8 Å². The lowest BCUT2D eigenvalue weighted by Crippen LogP contribution is -2.18. The van der Waals surface area contributed by atoms with E-state index in [0.717, 1.165) is 21.9 Å². The SMILES string of the molecule is COc1cc2c(cc1C)SCC(=O)N2. The van der Waals surface area contributed by atoms with Crippen LogP contribution in [-0.2, 0) is 4.79 Å². The summed E-state index contributed by atoms with van der Waals surface area (Å²) in [6.07, 6.45) is 0. The van der Waals surface area contributed by atoms with Crippen LogP contribution >= 0.6 is 11.8 Å². The molecule has 0 saturated carbocycles. The number of hydrogen-bond acceptors (Lipinski definition) is 3. The molecule has 2 rings (SSSR count). The first-order valence-corrected chi connectivity index (χ1v) is 5.30. The van der Waals surface area contributed by atoms with Crippen LogP contribution in [0, 0.1) is 6.92 Å². The van der Waals surface area contributed by atoms with E-state index >= 15 is 0 Å². The summed E-state index contributed by atoms with van der Waals surface area (Å²) >= 11 is 1.56. The molecule has 1 heterocycles. The normalized spacial score (nSPS) is 14.6. The van der Waals surface area contributed by atoms with Crippen molar-refractivity contribution < 1.29 is 9.53 Å². The molecule has 1 N–H and O–H groups in total. The third kappa shape index (κ3) is 1.57. The van der Waals surface area contributed by atoms with Crippen LogP contribution in [0.2, 0.25) is 0 Å². The first-order valence-electron chi connectivity index (χ1n) is 4.32. The molecule has 4 heteroatoms. The van der Waals surface area contributed by atoms with E-state index in [2.05, 4.69) is 5.32 Å². The summed E-state index contributed by atoms with van der Waals surface area (Å²) in [4.78, 5) is 12.3. The Morgan fingerprint density at radius 2 is 2.29 bits per heavy atom. The number of thioether (sulfide) groups is 1. The number of fused-ring (bicyclic) bond motifs is 1. The van der Waals surface area contributed by atoms with Crippen molar-refractivity contribution in [3.8, 4) is 5.75 Å². The number of methoxy groups -OCH3 is 1. The van der Waals surface area contributed by atoms with Crippen LogP contribution in [0.15, 0.2) is 17.0 Å². The monoisotopic (exact) mass is 209 g/mol. The van der Waals surface area contributed by atoms with Crippen LogP contribution in [0.1, 0.15) is 5.56 Å². The molecule has 0 saturated heterocycles. The Bertz CT molecular complexity index is 390. The fraction of sp³-hybridized carbons (Fsp3) is 0.300. The van der Waals surface area contributed by atoms with Gasteiger partial charge in [-0.05, 0) is 18.6 Å². The molecule has 1 aliphatic heterocycles. The predicted octanol–water partition coefficient (Wildman–Crippen LogP) is 2.05. The molecule has 0 aromatic heterocycles. The van der Waals surface area contributed by atoms with E-state index in [1.54, 1.807) is 18.9 Å². The van der Waals surface area contributed by atoms with Gasteiger partial charge in [-0.15, -0.1) is 11.8 Å². The summed E-state index contributed by atoms with van der Waals surface area (Å²) in [5, 5.41) is 2.82. The molecule has 0 fully saturated rings. The van der Waals surface area contributed by atoms with Crippen LogP contribution in [0.4, 0.5) is 5.69 Å². The minimum Gasteiger partial charge on any atom is -0.496 e. The van der Waals surface area contributed by atoms with Gasteiger partial charge in [-0.3, -0.25) is 4.79 Å². The highest BCUT2D eigenvalue weighted by Gasteiger charge is 2.16. The van der Waals surface area contributed by atoms with Crippen LogP contribution in [0.3, 0.4) is 0 Å². The van der Waals surface area contributed by atoms with Gasteiger partial charge in [0.2, 0.25) is 5.91 Å². The first-order chi connectivity index (χ1) is 6.70. The van der Waals surface area contributed by atoms with Crippen molar-refractivity contribution in [2.24, 2.45) is 0 Å². The number of rotatable bonds is 1. The molecule has 0 atom stereocenters. The topological polar surface area (TPSA) is 38.3 Å². The fourth-order valence-electron chi connectivity index (χ4n) is 1.43. The Balaban J connectivity index is 2.46. The quantitative estimate of drug-likeness (QED) is 0.769. The number of aryl methyl sites for hydroxylation is 1. The van der Waals surface area contributed by atoms with Crippen molar-refractivity contribution in [2.75, 3.05) is 18.2 Å². The summed E-state index contributed by atoms with van der Waals surface area (Å²) < 4.78 is 5.19. The zero-order valence-corrected chi connectivity index (χ0v) is 8.90. The van der Waals surface area contributed by atoms with Crippen LogP contribution in [0.5, 0.6) is 5.75 Å². The van der Waals surface area contributed by atoms with Crippen LogP contribution < -0.4 is 10.1 Å². The maximum Gasteiger partial charge on any atom is 0.234 e. The molecule has 0 spiro atoms. The van der Waals surface area contributed by atoms with Gasteiger partial charge in [-0.25, -0.2) is 0 Å². The average molecular weight is 209 g/mol. The summed E-state index contributed by atoms with van der Waals surface area (Å²) in [5.74, 6) is 1.36. The number of carbonyl (C=O) groups excluding carboxylic acids is 1. The average Bonchev–Trinajstić information content (AvgIpc) is 2.17. The molecule has 0 radical (unpaired) electrons. The van der Waals surface area contributed by atoms with E-state index in [9.17, 15) is 4.79 Å². The molecular formula is C10H11NO2S. The molecule has 1 aromatic carbocycles. The summed E-state index contributed by atoms with van der Waals surface area (Å²) in [6, 6.07) is 3.91. The number of benzene rings is 1. The largest absolute Gasteiger partial charge is 0.496 e. The molecule has 1 aromatic rings. The lowest BCUT2D eigenvalue weighted by Gasteiger charge is -2.18. The standard InChI is InChI=1S/C10H11NO2S/c1-6-3-9-7(4-8(6)13-2)11-10(12)5-14-9/h3-4H,5H2,1-2H3,(H,11,12). The van der Waals surface area contributed by atoms with E-state index in [4.69, 9.17) is 4.74 Å². The second-order valence-electron chi connectivity index (χ2n) is 3.15. The second-order valence-corrected chi connectivity index (χ2v) is 4.17. The lowest BCUT2D eigenvalue weighted by atomic mass is 10.2. The zero-order chi connectivity index (χ0) is 10.1. The van der Waals surface area contributed by atoms with E-state index < -0.39 is 0 Å². The minimum atomic E-state index is 0.0495. The molecule has 0 unspecified atom stereocenters. The van der Waals surface area contributed by atoms with Crippen molar-refractivity contribution in [3.05, 3.63) is 17.7 Å². The first kappa shape index (κ1) is 9.40. The van der Waals surface area contributed by atoms with E-state index in [1.165, 1.54) is 0 Å². The minimum absolute atomic E-state index is 0.0495. The van der Waals surface area contributed by atoms with Crippen LogP contribution in [-0.4, -0.2) is 18.8 Å². The number of nitrogens with one attached hydrogen (secondary N) is 1. The Kier molecular flexibility index (Phi) is 2.37. The molecule has 0 bridgehead atoms. The predicted molar refractivity (Wildman–Crippen MR) is 57.1 cm³/mol. The van der Waals surface area contributed by atoms with Crippen molar-refractivity contribution in [1.82, 2.24) is 0 Å². The Morgan fingerprint density at radius 1 is 1.50 bits per heavy atom. The summed E-state index contributed by atoms with van der Waals surface area (Å²) in [7, 11) is 1.63. The van der Waals surface area contributed by atoms with Gasteiger partial charge in [0.15, 0.2) is 0 Å². The van der Waals surface area contributed by atoms with Gasteiger partial charge in [0.25, 0.3) is 0 Å². The maximum atomic E-state index is 11.1. The van der Waals surface area contributed by atoms with Crippen molar-refractivity contribution in [1.29, 1.82) is 0 Å². The van der Waals surface area contributed by atoms with Gasteiger partial charge in [-0.1, -0.05) is 0 Å². The van der Waals surface area contributed by atoms with Gasteiger partial charge in [-0.2, -0.15) is 0 Å². The molecule has 1 aliphatic rings. The molecule has 14 heavy (non-hydrogen) atoms. The number of hydrogen-bond donors (Lipinski definition) is 1. The molecule has 3 nitrogen and oxygen atoms in total. The zero-order valence-electron chi connectivity index (χ0n) is 8.09. The van der Waals surface area contributed by atoms with Gasteiger partial charge < -0.3 is 10.1 Å². The molecule has 74 valence electrons. The number of carbonyl (C=O) groups is 1. The lowest BCUT2D eigenvalue weighted by molar-refractivity contribution is -0.113. The van der Waals surface area contributed by atoms with Crippen LogP contribution in [0.25, 0.3) is 0 Å². The molecule has 1 amide bonds. The Morgan fingerprint density at radius 3 is 3.00 bits per heavy atom. The fourth-order valence-corrected chi connectivity index (χ4v) is 2.31. The van der Waals surface area contributed by atoms with Crippen molar-refractivity contribution in [3.63, 3.8) is 0 Å². The van der Waals surface area contributed by atoms with Crippen molar-refractivity contribution in [2.45, 2.75) is 11.8 Å². The molecular weight excluding hydrogens is 198 g/mol. The van der Waals surface area contributed by atoms with Crippen molar-refractivity contribution >= 4 is 23.4 Å². The maximum absolute atomic E-state index is 11.1. The molecule has 0 aliphatic carbocycles. The van der Waals surface area contributed by atoms with E-state index in [-0.39, 0.29) is 5.91 Å². The van der Waals surface area contributed by atoms with Gasteiger partial charge in [0, 0.05) is 11.0 Å². The third-order valence-electron chi connectivity index (χ3n) is 2.13.